The molecule has 4 nitrogen and oxygen atoms in total. The molecule has 0 unspecified atom stereocenters. The summed E-state index contributed by atoms with van der Waals surface area (Å²) in [4.78, 5) is 15.7. The summed E-state index contributed by atoms with van der Waals surface area (Å²) in [6.45, 7) is 1.24. The molecule has 0 saturated carbocycles. The Hall–Kier alpha value is -2.59. The minimum Gasteiger partial charge on any atom is -0.368 e. The van der Waals surface area contributed by atoms with E-state index in [-0.39, 0.29) is 17.9 Å². The lowest BCUT2D eigenvalue weighted by Gasteiger charge is -2.19. The zero-order chi connectivity index (χ0) is 17.1. The number of H-pyrrole nitrogens is 1. The third kappa shape index (κ3) is 3.30. The first-order chi connectivity index (χ1) is 12.3. The van der Waals surface area contributed by atoms with E-state index in [0.29, 0.717) is 13.2 Å². The van der Waals surface area contributed by atoms with E-state index in [2.05, 4.69) is 40.8 Å². The van der Waals surface area contributed by atoms with E-state index in [4.69, 9.17) is 4.74 Å². The number of ether oxygens (including phenoxy) is 1. The second-order valence-corrected chi connectivity index (χ2v) is 6.50. The van der Waals surface area contributed by atoms with Gasteiger partial charge in [-0.25, -0.2) is 0 Å². The summed E-state index contributed by atoms with van der Waals surface area (Å²) in [5, 5.41) is 4.30. The number of fused-ring (bicyclic) bond motifs is 1. The van der Waals surface area contributed by atoms with Crippen molar-refractivity contribution in [2.45, 2.75) is 24.9 Å². The fourth-order valence-corrected chi connectivity index (χ4v) is 3.58. The predicted octanol–water partition coefficient (Wildman–Crippen LogP) is 3.60. The summed E-state index contributed by atoms with van der Waals surface area (Å²) < 4.78 is 5.50. The molecule has 4 heteroatoms. The van der Waals surface area contributed by atoms with Crippen molar-refractivity contribution in [3.05, 3.63) is 71.9 Å². The van der Waals surface area contributed by atoms with E-state index in [1.165, 1.54) is 16.5 Å². The van der Waals surface area contributed by atoms with Gasteiger partial charge in [0, 0.05) is 36.2 Å². The molecule has 3 aromatic rings. The van der Waals surface area contributed by atoms with Crippen LogP contribution in [0.2, 0.25) is 0 Å². The lowest BCUT2D eigenvalue weighted by molar-refractivity contribution is -0.130. The van der Waals surface area contributed by atoms with Crippen LogP contribution >= 0.6 is 0 Å². The normalized spacial score (nSPS) is 18.3. The van der Waals surface area contributed by atoms with E-state index in [1.54, 1.807) is 0 Å². The Morgan fingerprint density at radius 1 is 1.16 bits per heavy atom. The van der Waals surface area contributed by atoms with Crippen molar-refractivity contribution in [2.24, 2.45) is 0 Å². The van der Waals surface area contributed by atoms with Gasteiger partial charge in [-0.1, -0.05) is 48.5 Å². The Bertz CT molecular complexity index is 850. The maximum absolute atomic E-state index is 12.4. The summed E-state index contributed by atoms with van der Waals surface area (Å²) in [6.07, 6.45) is 3.54. The Kier molecular flexibility index (Phi) is 4.53. The molecule has 1 aromatic heterocycles. The first kappa shape index (κ1) is 15.9. The van der Waals surface area contributed by atoms with Crippen LogP contribution in [-0.2, 0) is 9.53 Å². The average molecular weight is 334 g/mol. The first-order valence-electron chi connectivity index (χ1n) is 8.83. The first-order valence-corrected chi connectivity index (χ1v) is 8.83. The number of para-hydroxylation sites is 1. The van der Waals surface area contributed by atoms with Gasteiger partial charge >= 0.3 is 0 Å². The molecule has 1 amide bonds. The Morgan fingerprint density at radius 2 is 1.96 bits per heavy atom. The molecule has 0 radical (unpaired) electrons. The van der Waals surface area contributed by atoms with E-state index >= 15 is 0 Å². The van der Waals surface area contributed by atoms with Gasteiger partial charge in [0.25, 0.3) is 0 Å². The second-order valence-electron chi connectivity index (χ2n) is 6.50. The predicted molar refractivity (Wildman–Crippen MR) is 98.6 cm³/mol. The number of rotatable bonds is 5. The number of amides is 1. The summed E-state index contributed by atoms with van der Waals surface area (Å²) in [7, 11) is 0. The minimum absolute atomic E-state index is 0.00160. The Labute approximate surface area is 147 Å². The number of hydrogen-bond donors (Lipinski definition) is 2. The molecule has 2 N–H and O–H groups in total. The van der Waals surface area contributed by atoms with Crippen LogP contribution in [0.5, 0.6) is 0 Å². The van der Waals surface area contributed by atoms with Crippen molar-refractivity contribution < 1.29 is 9.53 Å². The van der Waals surface area contributed by atoms with Crippen molar-refractivity contribution in [1.29, 1.82) is 0 Å². The van der Waals surface area contributed by atoms with Gasteiger partial charge in [0.1, 0.15) is 6.10 Å². The standard InChI is InChI=1S/C21H22N2O2/c24-21(20-11-6-12-25-20)23-13-17(15-7-2-1-3-8-15)18-14-22-19-10-5-4-9-16(18)19/h1-5,7-10,14,17,20,22H,6,11-13H2,(H,23,24)/t17-,20+/m1/s1. The highest BCUT2D eigenvalue weighted by Gasteiger charge is 2.25. The number of carbonyl (C=O) groups excluding carboxylic acids is 1. The molecule has 2 aromatic carbocycles. The maximum Gasteiger partial charge on any atom is 0.249 e. The van der Waals surface area contributed by atoms with Crippen LogP contribution in [0, 0.1) is 0 Å². The second kappa shape index (κ2) is 7.11. The molecule has 128 valence electrons. The smallest absolute Gasteiger partial charge is 0.249 e. The third-order valence-electron chi connectivity index (χ3n) is 4.90. The van der Waals surface area contributed by atoms with E-state index in [1.807, 2.05) is 30.3 Å². The van der Waals surface area contributed by atoms with Gasteiger partial charge in [0.05, 0.1) is 0 Å². The molecule has 1 aliphatic rings. The number of aromatic nitrogens is 1. The summed E-state index contributed by atoms with van der Waals surface area (Å²) in [5.41, 5.74) is 3.51. The van der Waals surface area contributed by atoms with Gasteiger partial charge in [-0.05, 0) is 30.0 Å². The third-order valence-corrected chi connectivity index (χ3v) is 4.90. The molecule has 1 fully saturated rings. The van der Waals surface area contributed by atoms with Crippen LogP contribution in [0.1, 0.15) is 29.9 Å². The fourth-order valence-electron chi connectivity index (χ4n) is 3.58. The van der Waals surface area contributed by atoms with Crippen LogP contribution in [0.15, 0.2) is 60.8 Å². The van der Waals surface area contributed by atoms with Gasteiger partial charge in [0.15, 0.2) is 0 Å². The highest BCUT2D eigenvalue weighted by Crippen LogP contribution is 2.30. The van der Waals surface area contributed by atoms with Crippen molar-refractivity contribution in [3.63, 3.8) is 0 Å². The largest absolute Gasteiger partial charge is 0.368 e. The van der Waals surface area contributed by atoms with Crippen LogP contribution in [0.25, 0.3) is 10.9 Å². The fraction of sp³-hybridized carbons (Fsp3) is 0.286. The molecule has 2 heterocycles. The Balaban J connectivity index is 1.62. The van der Waals surface area contributed by atoms with Gasteiger partial charge in [-0.3, -0.25) is 4.79 Å². The van der Waals surface area contributed by atoms with E-state index < -0.39 is 0 Å². The monoisotopic (exact) mass is 334 g/mol. The zero-order valence-electron chi connectivity index (χ0n) is 14.1. The topological polar surface area (TPSA) is 54.1 Å². The summed E-state index contributed by atoms with van der Waals surface area (Å²) in [5.74, 6) is 0.0981. The van der Waals surface area contributed by atoms with Gasteiger partial charge in [-0.15, -0.1) is 0 Å². The van der Waals surface area contributed by atoms with Crippen molar-refractivity contribution in [3.8, 4) is 0 Å². The van der Waals surface area contributed by atoms with Crippen LogP contribution in [-0.4, -0.2) is 30.1 Å². The molecule has 0 bridgehead atoms. The number of nitrogens with one attached hydrogen (secondary N) is 2. The number of carbonyl (C=O) groups is 1. The van der Waals surface area contributed by atoms with Crippen LogP contribution < -0.4 is 5.32 Å². The zero-order valence-corrected chi connectivity index (χ0v) is 14.1. The van der Waals surface area contributed by atoms with Crippen molar-refractivity contribution in [2.75, 3.05) is 13.2 Å². The number of hydrogen-bond acceptors (Lipinski definition) is 2. The van der Waals surface area contributed by atoms with E-state index in [0.717, 1.165) is 18.4 Å². The molecule has 1 saturated heterocycles. The van der Waals surface area contributed by atoms with Crippen LogP contribution in [0.3, 0.4) is 0 Å². The van der Waals surface area contributed by atoms with Crippen molar-refractivity contribution >= 4 is 16.8 Å². The quantitative estimate of drug-likeness (QED) is 0.749. The minimum atomic E-state index is -0.292. The Morgan fingerprint density at radius 3 is 2.76 bits per heavy atom. The van der Waals surface area contributed by atoms with Gasteiger partial charge in [-0.2, -0.15) is 0 Å². The molecule has 0 aliphatic carbocycles. The molecule has 25 heavy (non-hydrogen) atoms. The molecular formula is C21H22N2O2. The molecule has 4 rings (SSSR count). The summed E-state index contributed by atoms with van der Waals surface area (Å²) in [6, 6.07) is 18.6. The molecule has 1 aliphatic heterocycles. The van der Waals surface area contributed by atoms with E-state index in [9.17, 15) is 4.79 Å². The SMILES string of the molecule is O=C(NC[C@H](c1ccccc1)c1c[nH]c2ccccc12)[C@@H]1CCCO1. The summed E-state index contributed by atoms with van der Waals surface area (Å²) >= 11 is 0. The highest BCUT2D eigenvalue weighted by molar-refractivity contribution is 5.85. The van der Waals surface area contributed by atoms with Gasteiger partial charge in [0.2, 0.25) is 5.91 Å². The number of aromatic amines is 1. The molecular weight excluding hydrogens is 312 g/mol. The number of benzene rings is 2. The lowest BCUT2D eigenvalue weighted by atomic mass is 9.91. The molecule has 2 atom stereocenters. The average Bonchev–Trinajstić information content (AvgIpc) is 3.33. The van der Waals surface area contributed by atoms with Crippen LogP contribution in [0.4, 0.5) is 0 Å². The highest BCUT2D eigenvalue weighted by atomic mass is 16.5. The lowest BCUT2D eigenvalue weighted by Crippen LogP contribution is -2.36. The van der Waals surface area contributed by atoms with Crippen molar-refractivity contribution in [1.82, 2.24) is 10.3 Å². The maximum atomic E-state index is 12.4. The van der Waals surface area contributed by atoms with Gasteiger partial charge < -0.3 is 15.0 Å². The molecule has 0 spiro atoms.